The van der Waals surface area contributed by atoms with Gasteiger partial charge in [0.05, 0.1) is 19.9 Å². The highest BCUT2D eigenvalue weighted by molar-refractivity contribution is 5.93. The monoisotopic (exact) mass is 445 g/mol. The Labute approximate surface area is 187 Å². The van der Waals surface area contributed by atoms with E-state index in [4.69, 9.17) is 13.9 Å². The van der Waals surface area contributed by atoms with Crippen LogP contribution in [0.15, 0.2) is 65.3 Å². The molecule has 11 nitrogen and oxygen atoms in total. The number of aromatic nitrogens is 6. The predicted molar refractivity (Wildman–Crippen MR) is 117 cm³/mol. The number of carbonyl (C=O) groups is 1. The van der Waals surface area contributed by atoms with E-state index in [2.05, 4.69) is 30.8 Å². The number of carbonyl (C=O) groups excluding carboxylic acids is 1. The van der Waals surface area contributed by atoms with Crippen LogP contribution >= 0.6 is 0 Å². The van der Waals surface area contributed by atoms with E-state index in [1.165, 1.54) is 0 Å². The van der Waals surface area contributed by atoms with Crippen molar-refractivity contribution in [3.8, 4) is 34.5 Å². The van der Waals surface area contributed by atoms with Crippen molar-refractivity contribution in [1.82, 2.24) is 35.3 Å². The van der Waals surface area contributed by atoms with Gasteiger partial charge in [-0.1, -0.05) is 12.1 Å². The maximum atomic E-state index is 12.3. The standard InChI is InChI=1S/C22H19N7O4/c1-31-15-5-2-4-14(12-15)21-27-26-19-7-8-20(28-29(19)21)33-11-9-23-22(30)17-13-16(24-25-17)18-6-3-10-32-18/h2-8,10,12-13H,9,11H2,1H3,(H,23,30)(H,24,25). The average Bonchev–Trinajstić information content (AvgIpc) is 3.61. The molecule has 4 heterocycles. The third-order valence-electron chi connectivity index (χ3n) is 4.80. The molecule has 4 aromatic heterocycles. The van der Waals surface area contributed by atoms with E-state index >= 15 is 0 Å². The van der Waals surface area contributed by atoms with Crippen LogP contribution < -0.4 is 14.8 Å². The zero-order valence-electron chi connectivity index (χ0n) is 17.6. The Morgan fingerprint density at radius 3 is 2.94 bits per heavy atom. The van der Waals surface area contributed by atoms with Gasteiger partial charge in [-0.15, -0.1) is 15.3 Å². The van der Waals surface area contributed by atoms with Crippen LogP contribution in [0.3, 0.4) is 0 Å². The maximum absolute atomic E-state index is 12.3. The molecule has 0 saturated carbocycles. The molecule has 2 N–H and O–H groups in total. The summed E-state index contributed by atoms with van der Waals surface area (Å²) in [5, 5.41) is 22.4. The van der Waals surface area contributed by atoms with Crippen molar-refractivity contribution in [2.75, 3.05) is 20.3 Å². The Kier molecular flexibility index (Phi) is 5.42. The highest BCUT2D eigenvalue weighted by atomic mass is 16.5. The van der Waals surface area contributed by atoms with Gasteiger partial charge < -0.3 is 19.2 Å². The summed E-state index contributed by atoms with van der Waals surface area (Å²) in [6.45, 7) is 0.489. The van der Waals surface area contributed by atoms with Crippen molar-refractivity contribution < 1.29 is 18.7 Å². The van der Waals surface area contributed by atoms with Crippen LogP contribution in [0, 0.1) is 0 Å². The number of rotatable bonds is 8. The maximum Gasteiger partial charge on any atom is 0.271 e. The van der Waals surface area contributed by atoms with Crippen molar-refractivity contribution in [1.29, 1.82) is 0 Å². The van der Waals surface area contributed by atoms with E-state index < -0.39 is 0 Å². The molecule has 0 radical (unpaired) electrons. The Hall–Kier alpha value is -4.67. The number of H-pyrrole nitrogens is 1. The smallest absolute Gasteiger partial charge is 0.271 e. The topological polar surface area (TPSA) is 132 Å². The van der Waals surface area contributed by atoms with Crippen LogP contribution in [0.5, 0.6) is 11.6 Å². The molecule has 0 spiro atoms. The summed E-state index contributed by atoms with van der Waals surface area (Å²) in [6, 6.07) is 16.1. The fourth-order valence-corrected chi connectivity index (χ4v) is 3.20. The van der Waals surface area contributed by atoms with Gasteiger partial charge in [0.15, 0.2) is 22.9 Å². The number of nitrogens with one attached hydrogen (secondary N) is 2. The molecule has 0 aliphatic carbocycles. The number of methoxy groups -OCH3 is 1. The Morgan fingerprint density at radius 1 is 1.15 bits per heavy atom. The zero-order chi connectivity index (χ0) is 22.6. The lowest BCUT2D eigenvalue weighted by molar-refractivity contribution is 0.0941. The number of amides is 1. The van der Waals surface area contributed by atoms with E-state index in [1.54, 1.807) is 48.2 Å². The summed E-state index contributed by atoms with van der Waals surface area (Å²) in [6.07, 6.45) is 1.55. The van der Waals surface area contributed by atoms with Crippen LogP contribution in [0.1, 0.15) is 10.5 Å². The van der Waals surface area contributed by atoms with Gasteiger partial charge in [-0.05, 0) is 30.3 Å². The summed E-state index contributed by atoms with van der Waals surface area (Å²) in [5.41, 5.74) is 2.28. The molecular weight excluding hydrogens is 426 g/mol. The Morgan fingerprint density at radius 2 is 2.09 bits per heavy atom. The molecule has 166 valence electrons. The van der Waals surface area contributed by atoms with E-state index in [9.17, 15) is 4.79 Å². The number of hydrogen-bond donors (Lipinski definition) is 2. The van der Waals surface area contributed by atoms with Crippen LogP contribution in [-0.2, 0) is 0 Å². The SMILES string of the molecule is COc1cccc(-c2nnc3ccc(OCCNC(=O)c4cc(-c5ccco5)[nH]n4)nn23)c1. The summed E-state index contributed by atoms with van der Waals surface area (Å²) in [7, 11) is 1.61. The molecule has 11 heteroatoms. The van der Waals surface area contributed by atoms with Gasteiger partial charge in [0.25, 0.3) is 5.91 Å². The molecule has 5 aromatic rings. The Bertz CT molecular complexity index is 1390. The van der Waals surface area contributed by atoms with Gasteiger partial charge in [0.1, 0.15) is 18.1 Å². The van der Waals surface area contributed by atoms with E-state index in [-0.39, 0.29) is 24.8 Å². The number of furan rings is 1. The second-order valence-corrected chi connectivity index (χ2v) is 6.95. The number of hydrogen-bond acceptors (Lipinski definition) is 8. The van der Waals surface area contributed by atoms with Gasteiger partial charge in [-0.3, -0.25) is 9.89 Å². The first-order valence-electron chi connectivity index (χ1n) is 10.1. The average molecular weight is 445 g/mol. The summed E-state index contributed by atoms with van der Waals surface area (Å²) in [4.78, 5) is 12.3. The van der Waals surface area contributed by atoms with E-state index in [0.717, 1.165) is 5.56 Å². The quantitative estimate of drug-likeness (QED) is 0.348. The van der Waals surface area contributed by atoms with E-state index in [1.807, 2.05) is 24.3 Å². The van der Waals surface area contributed by atoms with Crippen LogP contribution in [0.2, 0.25) is 0 Å². The molecule has 1 amide bonds. The molecule has 0 saturated heterocycles. The van der Waals surface area contributed by atoms with Gasteiger partial charge >= 0.3 is 0 Å². The largest absolute Gasteiger partial charge is 0.497 e. The number of ether oxygens (including phenoxy) is 2. The number of aromatic amines is 1. The molecule has 0 aliphatic rings. The van der Waals surface area contributed by atoms with Crippen molar-refractivity contribution in [2.24, 2.45) is 0 Å². The number of nitrogens with zero attached hydrogens (tertiary/aromatic N) is 5. The first kappa shape index (κ1) is 20.2. The van der Waals surface area contributed by atoms with E-state index in [0.29, 0.717) is 34.6 Å². The molecule has 0 aliphatic heterocycles. The molecule has 5 rings (SSSR count). The van der Waals surface area contributed by atoms with Crippen molar-refractivity contribution in [2.45, 2.75) is 0 Å². The summed E-state index contributed by atoms with van der Waals surface area (Å²) in [5.74, 6) is 1.93. The van der Waals surface area contributed by atoms with Crippen molar-refractivity contribution >= 4 is 11.6 Å². The molecule has 33 heavy (non-hydrogen) atoms. The second-order valence-electron chi connectivity index (χ2n) is 6.95. The van der Waals surface area contributed by atoms with Crippen LogP contribution in [0.25, 0.3) is 28.5 Å². The third kappa shape index (κ3) is 4.24. The lowest BCUT2D eigenvalue weighted by Crippen LogP contribution is -2.28. The number of fused-ring (bicyclic) bond motifs is 1. The van der Waals surface area contributed by atoms with Crippen molar-refractivity contribution in [3.63, 3.8) is 0 Å². The molecular formula is C22H19N7O4. The zero-order valence-corrected chi connectivity index (χ0v) is 17.6. The van der Waals surface area contributed by atoms with Gasteiger partial charge in [0.2, 0.25) is 5.88 Å². The Balaban J connectivity index is 1.21. The molecule has 0 bridgehead atoms. The fraction of sp³-hybridized carbons (Fsp3) is 0.136. The highest BCUT2D eigenvalue weighted by Gasteiger charge is 2.13. The third-order valence-corrected chi connectivity index (χ3v) is 4.80. The van der Waals surface area contributed by atoms with Crippen molar-refractivity contribution in [3.05, 3.63) is 66.6 Å². The highest BCUT2D eigenvalue weighted by Crippen LogP contribution is 2.23. The lowest BCUT2D eigenvalue weighted by atomic mass is 10.2. The second kappa shape index (κ2) is 8.83. The normalized spacial score (nSPS) is 10.9. The first-order chi connectivity index (χ1) is 16.2. The van der Waals surface area contributed by atoms with Gasteiger partial charge in [-0.25, -0.2) is 0 Å². The van der Waals surface area contributed by atoms with Crippen LogP contribution in [-0.4, -0.2) is 56.2 Å². The summed E-state index contributed by atoms with van der Waals surface area (Å²) >= 11 is 0. The number of benzene rings is 1. The fourth-order valence-electron chi connectivity index (χ4n) is 3.20. The summed E-state index contributed by atoms with van der Waals surface area (Å²) < 4.78 is 17.9. The minimum atomic E-state index is -0.324. The minimum Gasteiger partial charge on any atom is -0.497 e. The molecule has 0 atom stereocenters. The first-order valence-corrected chi connectivity index (χ1v) is 10.1. The van der Waals surface area contributed by atoms with Gasteiger partial charge in [0, 0.05) is 17.7 Å². The molecule has 1 aromatic carbocycles. The lowest BCUT2D eigenvalue weighted by Gasteiger charge is -2.07. The molecule has 0 unspecified atom stereocenters. The minimum absolute atomic E-state index is 0.219. The van der Waals surface area contributed by atoms with Crippen LogP contribution in [0.4, 0.5) is 0 Å². The molecule has 0 fully saturated rings. The predicted octanol–water partition coefficient (Wildman–Crippen LogP) is 2.59. The van der Waals surface area contributed by atoms with Gasteiger partial charge in [-0.2, -0.15) is 9.61 Å².